The van der Waals surface area contributed by atoms with Crippen molar-refractivity contribution in [3.05, 3.63) is 0 Å². The van der Waals surface area contributed by atoms with Crippen LogP contribution in [0.4, 0.5) is 0 Å². The van der Waals surface area contributed by atoms with Crippen molar-refractivity contribution in [3.8, 4) is 0 Å². The van der Waals surface area contributed by atoms with Crippen LogP contribution >= 0.6 is 7.37 Å². The van der Waals surface area contributed by atoms with E-state index in [0.717, 1.165) is 6.42 Å². The summed E-state index contributed by atoms with van der Waals surface area (Å²) in [6.45, 7) is 7.63. The highest BCUT2D eigenvalue weighted by molar-refractivity contribution is 7.57. The van der Waals surface area contributed by atoms with Gasteiger partial charge in [0.25, 0.3) is 0 Å². The minimum atomic E-state index is -3.66. The second kappa shape index (κ2) is 6.64. The number of unbranched alkanes of at least 4 members (excludes halogenated alkanes) is 1. The molecule has 0 aliphatic rings. The lowest BCUT2D eigenvalue weighted by atomic mass is 10.4. The summed E-state index contributed by atoms with van der Waals surface area (Å²) in [5.41, 5.74) is -1.45. The Morgan fingerprint density at radius 1 is 1.20 bits per heavy atom. The van der Waals surface area contributed by atoms with Crippen LogP contribution in [0.1, 0.15) is 40.5 Å². The fourth-order valence-corrected chi connectivity index (χ4v) is 3.13. The average molecular weight is 237 g/mol. The van der Waals surface area contributed by atoms with E-state index >= 15 is 0 Å². The van der Waals surface area contributed by atoms with Gasteiger partial charge in [0.1, 0.15) is 0 Å². The SMILES string of the molecule is CCCCP(=O)([O-])C(C)(OCC)OCC. The van der Waals surface area contributed by atoms with Crippen molar-refractivity contribution in [2.45, 2.75) is 46.1 Å². The van der Waals surface area contributed by atoms with Crippen LogP contribution in [0.3, 0.4) is 0 Å². The summed E-state index contributed by atoms with van der Waals surface area (Å²) in [7, 11) is -3.66. The predicted molar refractivity (Wildman–Crippen MR) is 59.0 cm³/mol. The Hall–Kier alpha value is 0.110. The summed E-state index contributed by atoms with van der Waals surface area (Å²) in [5.74, 6) is 0. The maximum Gasteiger partial charge on any atom is 0.205 e. The molecule has 0 saturated carbocycles. The molecule has 1 atom stereocenters. The first-order valence-corrected chi connectivity index (χ1v) is 7.32. The molecule has 0 heterocycles. The molecule has 5 heteroatoms. The fourth-order valence-electron chi connectivity index (χ4n) is 1.34. The summed E-state index contributed by atoms with van der Waals surface area (Å²) in [4.78, 5) is 12.0. The second-order valence-electron chi connectivity index (χ2n) is 3.51. The first-order valence-electron chi connectivity index (χ1n) is 5.51. The molecule has 0 aromatic rings. The minimum Gasteiger partial charge on any atom is -0.796 e. The van der Waals surface area contributed by atoms with E-state index in [1.807, 2.05) is 6.92 Å². The first-order chi connectivity index (χ1) is 6.93. The first kappa shape index (κ1) is 15.1. The van der Waals surface area contributed by atoms with Crippen molar-refractivity contribution in [1.82, 2.24) is 0 Å². The zero-order valence-electron chi connectivity index (χ0n) is 10.1. The summed E-state index contributed by atoms with van der Waals surface area (Å²) in [6, 6.07) is 0. The van der Waals surface area contributed by atoms with Gasteiger partial charge in [-0.05, 0) is 33.4 Å². The maximum atomic E-state index is 12.0. The van der Waals surface area contributed by atoms with Crippen LogP contribution < -0.4 is 4.89 Å². The maximum absolute atomic E-state index is 12.0. The molecule has 4 nitrogen and oxygen atoms in total. The molecular weight excluding hydrogens is 215 g/mol. The molecule has 0 aliphatic carbocycles. The lowest BCUT2D eigenvalue weighted by molar-refractivity contribution is -0.239. The average Bonchev–Trinajstić information content (AvgIpc) is 2.15. The standard InChI is InChI=1S/C10H23O4P/c1-5-8-9-15(11,12)10(4,13-6-2)14-7-3/h5-9H2,1-4H3,(H,11,12)/p-1. The molecule has 92 valence electrons. The number of ether oxygens (including phenoxy) is 2. The number of hydrogen-bond acceptors (Lipinski definition) is 4. The third-order valence-electron chi connectivity index (χ3n) is 2.25. The van der Waals surface area contributed by atoms with Gasteiger partial charge in [0, 0.05) is 13.2 Å². The Morgan fingerprint density at radius 2 is 1.67 bits per heavy atom. The molecule has 0 spiro atoms. The van der Waals surface area contributed by atoms with Gasteiger partial charge in [0.15, 0.2) is 0 Å². The zero-order chi connectivity index (χ0) is 11.9. The molecule has 0 aliphatic heterocycles. The molecule has 0 N–H and O–H groups in total. The minimum absolute atomic E-state index is 0.139. The normalized spacial score (nSPS) is 16.3. The van der Waals surface area contributed by atoms with E-state index < -0.39 is 12.9 Å². The Bertz CT molecular complexity index is 211. The van der Waals surface area contributed by atoms with E-state index in [1.165, 1.54) is 6.92 Å². The van der Waals surface area contributed by atoms with E-state index in [1.54, 1.807) is 13.8 Å². The Kier molecular flexibility index (Phi) is 6.69. The Labute approximate surface area is 92.4 Å². The van der Waals surface area contributed by atoms with Gasteiger partial charge in [-0.25, -0.2) is 0 Å². The predicted octanol–water partition coefficient (Wildman–Crippen LogP) is 2.17. The molecule has 0 amide bonds. The summed E-state index contributed by atoms with van der Waals surface area (Å²) < 4.78 is 22.4. The molecule has 1 unspecified atom stereocenters. The fraction of sp³-hybridized carbons (Fsp3) is 1.00. The highest BCUT2D eigenvalue weighted by Gasteiger charge is 2.36. The molecule has 0 bridgehead atoms. The van der Waals surface area contributed by atoms with Gasteiger partial charge in [-0.1, -0.05) is 13.3 Å². The lowest BCUT2D eigenvalue weighted by Crippen LogP contribution is -2.38. The van der Waals surface area contributed by atoms with Crippen molar-refractivity contribution in [2.24, 2.45) is 0 Å². The third-order valence-corrected chi connectivity index (χ3v) is 4.65. The van der Waals surface area contributed by atoms with Crippen LogP contribution in [0.25, 0.3) is 0 Å². The highest BCUT2D eigenvalue weighted by Crippen LogP contribution is 2.52. The third kappa shape index (κ3) is 4.23. The van der Waals surface area contributed by atoms with E-state index in [9.17, 15) is 9.46 Å². The molecule has 0 rings (SSSR count). The highest BCUT2D eigenvalue weighted by atomic mass is 31.2. The van der Waals surface area contributed by atoms with Crippen LogP contribution in [-0.2, 0) is 14.0 Å². The van der Waals surface area contributed by atoms with Crippen molar-refractivity contribution < 1.29 is 18.9 Å². The molecule has 0 aromatic carbocycles. The Morgan fingerprint density at radius 3 is 2.00 bits per heavy atom. The molecular formula is C10H22O4P-. The van der Waals surface area contributed by atoms with Gasteiger partial charge in [0.05, 0.1) is 7.37 Å². The van der Waals surface area contributed by atoms with E-state index in [2.05, 4.69) is 0 Å². The van der Waals surface area contributed by atoms with Crippen molar-refractivity contribution in [1.29, 1.82) is 0 Å². The molecule has 0 fully saturated rings. The Balaban J connectivity index is 4.64. The van der Waals surface area contributed by atoms with Crippen LogP contribution in [0.15, 0.2) is 0 Å². The van der Waals surface area contributed by atoms with Crippen LogP contribution in [0.2, 0.25) is 0 Å². The molecule has 0 radical (unpaired) electrons. The van der Waals surface area contributed by atoms with Crippen molar-refractivity contribution in [2.75, 3.05) is 19.4 Å². The van der Waals surface area contributed by atoms with E-state index in [4.69, 9.17) is 9.47 Å². The van der Waals surface area contributed by atoms with Gasteiger partial charge in [0.2, 0.25) is 5.53 Å². The quantitative estimate of drug-likeness (QED) is 0.479. The van der Waals surface area contributed by atoms with Gasteiger partial charge in [-0.2, -0.15) is 0 Å². The molecule has 0 saturated heterocycles. The van der Waals surface area contributed by atoms with Crippen molar-refractivity contribution in [3.63, 3.8) is 0 Å². The van der Waals surface area contributed by atoms with Gasteiger partial charge in [-0.3, -0.25) is 0 Å². The smallest absolute Gasteiger partial charge is 0.205 e. The lowest BCUT2D eigenvalue weighted by Gasteiger charge is -2.41. The summed E-state index contributed by atoms with van der Waals surface area (Å²) in [5, 5.41) is 0. The molecule has 0 aromatic heterocycles. The molecule has 15 heavy (non-hydrogen) atoms. The summed E-state index contributed by atoms with van der Waals surface area (Å²) in [6.07, 6.45) is 1.64. The number of hydrogen-bond donors (Lipinski definition) is 0. The second-order valence-corrected chi connectivity index (χ2v) is 6.12. The van der Waals surface area contributed by atoms with Crippen LogP contribution in [0.5, 0.6) is 0 Å². The van der Waals surface area contributed by atoms with Crippen LogP contribution in [0, 0.1) is 0 Å². The monoisotopic (exact) mass is 237 g/mol. The van der Waals surface area contributed by atoms with Gasteiger partial charge < -0.3 is 18.9 Å². The van der Waals surface area contributed by atoms with Gasteiger partial charge in [-0.15, -0.1) is 0 Å². The van der Waals surface area contributed by atoms with Crippen molar-refractivity contribution >= 4 is 7.37 Å². The number of rotatable bonds is 8. The topological polar surface area (TPSA) is 58.6 Å². The van der Waals surface area contributed by atoms with E-state index in [0.29, 0.717) is 19.6 Å². The van der Waals surface area contributed by atoms with E-state index in [-0.39, 0.29) is 6.16 Å². The van der Waals surface area contributed by atoms with Crippen LogP contribution in [-0.4, -0.2) is 24.9 Å². The summed E-state index contributed by atoms with van der Waals surface area (Å²) >= 11 is 0. The largest absolute Gasteiger partial charge is 0.796 e. The van der Waals surface area contributed by atoms with Gasteiger partial charge >= 0.3 is 0 Å². The zero-order valence-corrected chi connectivity index (χ0v) is 11.0.